The van der Waals surface area contributed by atoms with Gasteiger partial charge >= 0.3 is 11.9 Å². The summed E-state index contributed by atoms with van der Waals surface area (Å²) in [5, 5.41) is 1.07. The van der Waals surface area contributed by atoms with E-state index in [0.29, 0.717) is 12.8 Å². The van der Waals surface area contributed by atoms with Gasteiger partial charge in [-0.1, -0.05) is 0 Å². The third-order valence-corrected chi connectivity index (χ3v) is 4.80. The van der Waals surface area contributed by atoms with E-state index in [2.05, 4.69) is 9.47 Å². The van der Waals surface area contributed by atoms with E-state index in [1.807, 2.05) is 12.1 Å². The second-order valence-electron chi connectivity index (χ2n) is 3.67. The lowest BCUT2D eigenvalue weighted by molar-refractivity contribution is -0.140. The Bertz CT molecular complexity index is 503. The van der Waals surface area contributed by atoms with Crippen LogP contribution in [-0.4, -0.2) is 26.2 Å². The molecule has 18 heavy (non-hydrogen) atoms. The van der Waals surface area contributed by atoms with E-state index in [1.54, 1.807) is 22.7 Å². The van der Waals surface area contributed by atoms with Crippen LogP contribution in [0.4, 0.5) is 0 Å². The zero-order valence-electron chi connectivity index (χ0n) is 10.0. The molecule has 4 nitrogen and oxygen atoms in total. The molecule has 2 heterocycles. The molecule has 0 saturated carbocycles. The molecule has 0 unspecified atom stereocenters. The third-order valence-electron chi connectivity index (χ3n) is 2.41. The highest BCUT2D eigenvalue weighted by Gasteiger charge is 2.12. The molecule has 0 fully saturated rings. The van der Waals surface area contributed by atoms with E-state index >= 15 is 0 Å². The molecule has 0 N–H and O–H groups in total. The summed E-state index contributed by atoms with van der Waals surface area (Å²) in [7, 11) is 2.76. The molecule has 0 radical (unpaired) electrons. The van der Waals surface area contributed by atoms with E-state index in [0.717, 1.165) is 19.2 Å². The summed E-state index contributed by atoms with van der Waals surface area (Å²) in [6.07, 6.45) is 0.601. The van der Waals surface area contributed by atoms with Crippen LogP contribution in [0.2, 0.25) is 0 Å². The first-order valence-corrected chi connectivity index (χ1v) is 6.90. The zero-order valence-corrected chi connectivity index (χ0v) is 11.7. The maximum absolute atomic E-state index is 11.2. The SMILES string of the molecule is COC(=O)Cc1cc2cc(CC(=O)OC)sc2s1. The van der Waals surface area contributed by atoms with Gasteiger partial charge in [-0.3, -0.25) is 9.59 Å². The third kappa shape index (κ3) is 2.88. The summed E-state index contributed by atoms with van der Waals surface area (Å²) in [6, 6.07) is 3.93. The normalized spacial score (nSPS) is 10.6. The van der Waals surface area contributed by atoms with Gasteiger partial charge in [-0.2, -0.15) is 0 Å². The number of ether oxygens (including phenoxy) is 2. The lowest BCUT2D eigenvalue weighted by atomic mass is 10.3. The predicted octanol–water partition coefficient (Wildman–Crippen LogP) is 2.39. The van der Waals surface area contributed by atoms with Crippen molar-refractivity contribution in [3.05, 3.63) is 21.9 Å². The van der Waals surface area contributed by atoms with Gasteiger partial charge in [-0.05, 0) is 12.1 Å². The van der Waals surface area contributed by atoms with Gasteiger partial charge < -0.3 is 9.47 Å². The van der Waals surface area contributed by atoms with Crippen LogP contribution in [0.15, 0.2) is 12.1 Å². The molecule has 2 rings (SSSR count). The van der Waals surface area contributed by atoms with Crippen molar-refractivity contribution in [2.45, 2.75) is 12.8 Å². The fraction of sp³-hybridized carbons (Fsp3) is 0.333. The molecule has 0 aliphatic heterocycles. The molecule has 0 aliphatic carbocycles. The average Bonchev–Trinajstić information content (AvgIpc) is 2.86. The summed E-state index contributed by atoms with van der Waals surface area (Å²) in [6.45, 7) is 0. The summed E-state index contributed by atoms with van der Waals surface area (Å²) >= 11 is 3.12. The van der Waals surface area contributed by atoms with Crippen LogP contribution in [0.1, 0.15) is 9.75 Å². The number of esters is 2. The Kier molecular flexibility index (Phi) is 3.98. The monoisotopic (exact) mass is 284 g/mol. The minimum Gasteiger partial charge on any atom is -0.469 e. The Morgan fingerprint density at radius 1 is 1.00 bits per heavy atom. The lowest BCUT2D eigenvalue weighted by Crippen LogP contribution is -2.02. The van der Waals surface area contributed by atoms with Crippen molar-refractivity contribution in [2.75, 3.05) is 14.2 Å². The van der Waals surface area contributed by atoms with Gasteiger partial charge in [-0.15, -0.1) is 22.7 Å². The molecular formula is C12H12O4S2. The van der Waals surface area contributed by atoms with Gasteiger partial charge in [0.2, 0.25) is 0 Å². The van der Waals surface area contributed by atoms with Crippen LogP contribution >= 0.6 is 22.7 Å². The van der Waals surface area contributed by atoms with Crippen molar-refractivity contribution in [3.63, 3.8) is 0 Å². The Hall–Kier alpha value is -1.40. The second-order valence-corrected chi connectivity index (χ2v) is 6.21. The van der Waals surface area contributed by atoms with Crippen molar-refractivity contribution < 1.29 is 19.1 Å². The Morgan fingerprint density at radius 2 is 1.44 bits per heavy atom. The first-order chi connectivity index (χ1) is 8.62. The molecule has 0 atom stereocenters. The fourth-order valence-corrected chi connectivity index (χ4v) is 4.05. The smallest absolute Gasteiger partial charge is 0.310 e. The van der Waals surface area contributed by atoms with Crippen molar-refractivity contribution in [3.8, 4) is 0 Å². The van der Waals surface area contributed by atoms with Gasteiger partial charge in [0.1, 0.15) is 0 Å². The highest BCUT2D eigenvalue weighted by atomic mass is 32.2. The van der Waals surface area contributed by atoms with Gasteiger partial charge in [0, 0.05) is 15.1 Å². The summed E-state index contributed by atoms with van der Waals surface area (Å²) < 4.78 is 10.4. The van der Waals surface area contributed by atoms with E-state index in [1.165, 1.54) is 14.2 Å². The van der Waals surface area contributed by atoms with Crippen molar-refractivity contribution in [1.29, 1.82) is 0 Å². The largest absolute Gasteiger partial charge is 0.469 e. The number of methoxy groups -OCH3 is 2. The summed E-state index contributed by atoms with van der Waals surface area (Å²) in [4.78, 5) is 24.3. The molecule has 6 heteroatoms. The fourth-order valence-electron chi connectivity index (χ4n) is 1.55. The number of hydrogen-bond acceptors (Lipinski definition) is 6. The highest BCUT2D eigenvalue weighted by Crippen LogP contribution is 2.34. The molecule has 0 aliphatic rings. The Balaban J connectivity index is 2.14. The minimum absolute atomic E-state index is 0.237. The molecule has 0 aromatic carbocycles. The number of carbonyl (C=O) groups excluding carboxylic acids is 2. The number of rotatable bonds is 4. The molecule has 2 aromatic heterocycles. The van der Waals surface area contributed by atoms with Crippen molar-refractivity contribution in [2.24, 2.45) is 0 Å². The van der Waals surface area contributed by atoms with Crippen LogP contribution in [0, 0.1) is 0 Å². The molecule has 0 saturated heterocycles. The average molecular weight is 284 g/mol. The van der Waals surface area contributed by atoms with Gasteiger partial charge in [0.25, 0.3) is 0 Å². The number of hydrogen-bond donors (Lipinski definition) is 0. The molecule has 96 valence electrons. The summed E-state index contributed by atoms with van der Waals surface area (Å²) in [5.41, 5.74) is 0. The maximum Gasteiger partial charge on any atom is 0.310 e. The van der Waals surface area contributed by atoms with Gasteiger partial charge in [0.05, 0.1) is 31.1 Å². The molecular weight excluding hydrogens is 272 g/mol. The Morgan fingerprint density at radius 3 is 1.78 bits per heavy atom. The number of carbonyl (C=O) groups is 2. The van der Waals surface area contributed by atoms with Crippen molar-refractivity contribution in [1.82, 2.24) is 0 Å². The first kappa shape index (κ1) is 13.0. The number of thiophene rings is 2. The first-order valence-electron chi connectivity index (χ1n) is 5.27. The van der Waals surface area contributed by atoms with Crippen molar-refractivity contribution >= 4 is 44.0 Å². The predicted molar refractivity (Wildman–Crippen MR) is 71.1 cm³/mol. The second kappa shape index (κ2) is 5.49. The van der Waals surface area contributed by atoms with E-state index in [-0.39, 0.29) is 11.9 Å². The minimum atomic E-state index is -0.237. The molecule has 2 aromatic rings. The number of fused-ring (bicyclic) bond motifs is 1. The summed E-state index contributed by atoms with van der Waals surface area (Å²) in [5.74, 6) is -0.475. The molecule has 0 spiro atoms. The van der Waals surface area contributed by atoms with Crippen LogP contribution in [-0.2, 0) is 31.9 Å². The van der Waals surface area contributed by atoms with Crippen LogP contribution in [0.5, 0.6) is 0 Å². The van der Waals surface area contributed by atoms with Crippen LogP contribution in [0.25, 0.3) is 9.40 Å². The van der Waals surface area contributed by atoms with Gasteiger partial charge in [-0.25, -0.2) is 0 Å². The molecule has 0 amide bonds. The van der Waals surface area contributed by atoms with Crippen LogP contribution < -0.4 is 0 Å². The van der Waals surface area contributed by atoms with E-state index in [9.17, 15) is 9.59 Å². The topological polar surface area (TPSA) is 52.6 Å². The van der Waals surface area contributed by atoms with E-state index in [4.69, 9.17) is 0 Å². The molecule has 0 bridgehead atoms. The van der Waals surface area contributed by atoms with Crippen LogP contribution in [0.3, 0.4) is 0 Å². The quantitative estimate of drug-likeness (QED) is 0.809. The lowest BCUT2D eigenvalue weighted by Gasteiger charge is -1.95. The zero-order chi connectivity index (χ0) is 13.1. The maximum atomic E-state index is 11.2. The highest BCUT2D eigenvalue weighted by molar-refractivity contribution is 7.38. The Labute approximate surface area is 112 Å². The van der Waals surface area contributed by atoms with Gasteiger partial charge in [0.15, 0.2) is 0 Å². The standard InChI is InChI=1S/C12H12O4S2/c1-15-10(13)5-8-3-7-4-9(6-11(14)16-2)18-12(7)17-8/h3-4H,5-6H2,1-2H3. The van der Waals surface area contributed by atoms with E-state index < -0.39 is 0 Å².